The molecule has 7 heteroatoms. The number of aryl methyl sites for hydroxylation is 1. The number of carboxylic acid groups (broad SMARTS) is 1. The van der Waals surface area contributed by atoms with Gasteiger partial charge in [0.2, 0.25) is 5.91 Å². The predicted octanol–water partition coefficient (Wildman–Crippen LogP) is 1.86. The van der Waals surface area contributed by atoms with E-state index in [9.17, 15) is 9.59 Å². The number of oxazole rings is 1. The van der Waals surface area contributed by atoms with E-state index in [0.29, 0.717) is 23.1 Å². The van der Waals surface area contributed by atoms with Crippen molar-refractivity contribution in [3.63, 3.8) is 0 Å². The first-order chi connectivity index (χ1) is 10.5. The molecular weight excluding hydrogens is 288 g/mol. The van der Waals surface area contributed by atoms with Gasteiger partial charge in [0, 0.05) is 6.04 Å². The molecular formula is C15H16N2O5. The fourth-order valence-corrected chi connectivity index (χ4v) is 2.30. The largest absolute Gasteiger partial charge is 0.480 e. The number of amides is 1. The monoisotopic (exact) mass is 304 g/mol. The number of aromatic nitrogens is 1. The average Bonchev–Trinajstić information content (AvgIpc) is 3.02. The summed E-state index contributed by atoms with van der Waals surface area (Å²) >= 11 is 0. The van der Waals surface area contributed by atoms with Crippen molar-refractivity contribution >= 4 is 11.9 Å². The van der Waals surface area contributed by atoms with Crippen LogP contribution in [0.4, 0.5) is 0 Å². The van der Waals surface area contributed by atoms with Gasteiger partial charge in [-0.05, 0) is 31.9 Å². The van der Waals surface area contributed by atoms with Crippen LogP contribution in [0.15, 0.2) is 27.2 Å². The van der Waals surface area contributed by atoms with E-state index in [2.05, 4.69) is 4.98 Å². The number of nitrogens with zero attached hydrogens (tertiary/aromatic N) is 2. The topological polar surface area (TPSA) is 96.8 Å². The molecule has 22 heavy (non-hydrogen) atoms. The van der Waals surface area contributed by atoms with Crippen molar-refractivity contribution in [3.05, 3.63) is 29.9 Å². The van der Waals surface area contributed by atoms with Gasteiger partial charge in [0.05, 0.1) is 18.4 Å². The Balaban J connectivity index is 1.74. The van der Waals surface area contributed by atoms with Crippen molar-refractivity contribution in [3.8, 4) is 11.7 Å². The fourth-order valence-electron chi connectivity index (χ4n) is 2.30. The van der Waals surface area contributed by atoms with Crippen LogP contribution in [-0.2, 0) is 16.0 Å². The van der Waals surface area contributed by atoms with Gasteiger partial charge in [-0.2, -0.15) is 0 Å². The summed E-state index contributed by atoms with van der Waals surface area (Å²) in [5.41, 5.74) is 0.507. The van der Waals surface area contributed by atoms with Crippen LogP contribution in [-0.4, -0.2) is 39.5 Å². The van der Waals surface area contributed by atoms with E-state index in [1.165, 1.54) is 11.2 Å². The standard InChI is InChI=1S/C15H16N2O5/c1-9-11(16-15(22-9)12-3-2-6-21-12)7-13(18)17(8-14(19)20)10-4-5-10/h2-3,6,10H,4-5,7-8H2,1H3,(H,19,20). The van der Waals surface area contributed by atoms with E-state index < -0.39 is 5.97 Å². The summed E-state index contributed by atoms with van der Waals surface area (Å²) in [6, 6.07) is 3.49. The molecule has 0 bridgehead atoms. The molecule has 1 fully saturated rings. The second kappa shape index (κ2) is 5.67. The molecule has 2 heterocycles. The third kappa shape index (κ3) is 3.03. The van der Waals surface area contributed by atoms with Crippen LogP contribution in [0.5, 0.6) is 0 Å². The third-order valence-corrected chi connectivity index (χ3v) is 3.56. The normalized spacial score (nSPS) is 14.0. The maximum absolute atomic E-state index is 12.3. The van der Waals surface area contributed by atoms with Gasteiger partial charge in [0.1, 0.15) is 12.3 Å². The zero-order valence-electron chi connectivity index (χ0n) is 12.1. The molecule has 0 saturated heterocycles. The van der Waals surface area contributed by atoms with E-state index in [4.69, 9.17) is 13.9 Å². The Bertz CT molecular complexity index is 685. The van der Waals surface area contributed by atoms with Crippen molar-refractivity contribution in [2.75, 3.05) is 6.54 Å². The van der Waals surface area contributed by atoms with Crippen molar-refractivity contribution < 1.29 is 23.5 Å². The second-order valence-electron chi connectivity index (χ2n) is 5.32. The van der Waals surface area contributed by atoms with Crippen LogP contribution < -0.4 is 0 Å². The molecule has 0 aromatic carbocycles. The Morgan fingerprint density at radius 2 is 2.23 bits per heavy atom. The maximum atomic E-state index is 12.3. The molecule has 0 spiro atoms. The Hall–Kier alpha value is -2.57. The maximum Gasteiger partial charge on any atom is 0.323 e. The number of hydrogen-bond acceptors (Lipinski definition) is 5. The van der Waals surface area contributed by atoms with E-state index in [1.54, 1.807) is 19.1 Å². The number of carboxylic acids is 1. The van der Waals surface area contributed by atoms with Crippen LogP contribution in [0.2, 0.25) is 0 Å². The first kappa shape index (κ1) is 14.4. The molecule has 1 saturated carbocycles. The van der Waals surface area contributed by atoms with Gasteiger partial charge in [-0.1, -0.05) is 0 Å². The molecule has 1 amide bonds. The lowest BCUT2D eigenvalue weighted by Gasteiger charge is -2.19. The van der Waals surface area contributed by atoms with Crippen molar-refractivity contribution in [1.82, 2.24) is 9.88 Å². The number of carbonyl (C=O) groups excluding carboxylic acids is 1. The number of rotatable bonds is 6. The molecule has 0 aliphatic heterocycles. The highest BCUT2D eigenvalue weighted by Crippen LogP contribution is 2.28. The second-order valence-corrected chi connectivity index (χ2v) is 5.32. The molecule has 7 nitrogen and oxygen atoms in total. The number of aliphatic carboxylic acids is 1. The quantitative estimate of drug-likeness (QED) is 0.875. The predicted molar refractivity (Wildman–Crippen MR) is 75.0 cm³/mol. The van der Waals surface area contributed by atoms with E-state index in [0.717, 1.165) is 12.8 Å². The first-order valence-corrected chi connectivity index (χ1v) is 7.06. The van der Waals surface area contributed by atoms with Crippen molar-refractivity contribution in [2.24, 2.45) is 0 Å². The summed E-state index contributed by atoms with van der Waals surface area (Å²) in [6.45, 7) is 1.45. The van der Waals surface area contributed by atoms with E-state index in [-0.39, 0.29) is 24.9 Å². The minimum absolute atomic E-state index is 0.0276. The van der Waals surface area contributed by atoms with Gasteiger partial charge in [0.15, 0.2) is 5.76 Å². The van der Waals surface area contributed by atoms with Crippen LogP contribution in [0.3, 0.4) is 0 Å². The summed E-state index contributed by atoms with van der Waals surface area (Å²) < 4.78 is 10.7. The number of carbonyl (C=O) groups is 2. The van der Waals surface area contributed by atoms with Gasteiger partial charge in [-0.25, -0.2) is 4.98 Å². The number of hydrogen-bond donors (Lipinski definition) is 1. The minimum Gasteiger partial charge on any atom is -0.480 e. The minimum atomic E-state index is -1.01. The van der Waals surface area contributed by atoms with Crippen LogP contribution in [0.1, 0.15) is 24.3 Å². The molecule has 0 radical (unpaired) electrons. The summed E-state index contributed by atoms with van der Waals surface area (Å²) in [5.74, 6) is 0.0967. The number of furan rings is 1. The van der Waals surface area contributed by atoms with Gasteiger partial charge in [-0.3, -0.25) is 9.59 Å². The lowest BCUT2D eigenvalue weighted by atomic mass is 10.2. The fraction of sp³-hybridized carbons (Fsp3) is 0.400. The highest BCUT2D eigenvalue weighted by molar-refractivity contribution is 5.83. The molecule has 3 rings (SSSR count). The van der Waals surface area contributed by atoms with Crippen LogP contribution in [0.25, 0.3) is 11.7 Å². The van der Waals surface area contributed by atoms with Gasteiger partial charge in [0.25, 0.3) is 5.89 Å². The molecule has 2 aromatic heterocycles. The third-order valence-electron chi connectivity index (χ3n) is 3.56. The smallest absolute Gasteiger partial charge is 0.323 e. The van der Waals surface area contributed by atoms with Gasteiger partial charge < -0.3 is 18.8 Å². The molecule has 116 valence electrons. The average molecular weight is 304 g/mol. The zero-order valence-corrected chi connectivity index (χ0v) is 12.1. The molecule has 2 aromatic rings. The van der Waals surface area contributed by atoms with E-state index in [1.807, 2.05) is 0 Å². The lowest BCUT2D eigenvalue weighted by Crippen LogP contribution is -2.38. The zero-order chi connectivity index (χ0) is 15.7. The Labute approximate surface area is 126 Å². The summed E-state index contributed by atoms with van der Waals surface area (Å²) in [5, 5.41) is 8.92. The Morgan fingerprint density at radius 3 is 2.82 bits per heavy atom. The molecule has 1 N–H and O–H groups in total. The first-order valence-electron chi connectivity index (χ1n) is 7.06. The summed E-state index contributed by atoms with van der Waals surface area (Å²) in [7, 11) is 0. The SMILES string of the molecule is Cc1oc(-c2ccco2)nc1CC(=O)N(CC(=O)O)C1CC1. The molecule has 1 aliphatic carbocycles. The Morgan fingerprint density at radius 1 is 1.45 bits per heavy atom. The van der Waals surface area contributed by atoms with Crippen LogP contribution >= 0.6 is 0 Å². The highest BCUT2D eigenvalue weighted by Gasteiger charge is 2.34. The molecule has 0 unspecified atom stereocenters. The summed E-state index contributed by atoms with van der Waals surface area (Å²) in [6.07, 6.45) is 3.25. The van der Waals surface area contributed by atoms with Gasteiger partial charge >= 0.3 is 5.97 Å². The highest BCUT2D eigenvalue weighted by atomic mass is 16.4. The molecule has 0 atom stereocenters. The van der Waals surface area contributed by atoms with Crippen molar-refractivity contribution in [1.29, 1.82) is 0 Å². The summed E-state index contributed by atoms with van der Waals surface area (Å²) in [4.78, 5) is 28.9. The van der Waals surface area contributed by atoms with Gasteiger partial charge in [-0.15, -0.1) is 0 Å². The lowest BCUT2D eigenvalue weighted by molar-refractivity contribution is -0.144. The van der Waals surface area contributed by atoms with Crippen LogP contribution in [0, 0.1) is 6.92 Å². The van der Waals surface area contributed by atoms with E-state index >= 15 is 0 Å². The van der Waals surface area contributed by atoms with Crippen molar-refractivity contribution in [2.45, 2.75) is 32.2 Å². The molecule has 1 aliphatic rings. The Kier molecular flexibility index (Phi) is 3.70.